The van der Waals surface area contributed by atoms with E-state index >= 15 is 0 Å². The maximum Gasteiger partial charge on any atom is 0.315 e. The fourth-order valence-electron chi connectivity index (χ4n) is 7.18. The average Bonchev–Trinajstić information content (AvgIpc) is 3.42. The summed E-state index contributed by atoms with van der Waals surface area (Å²) in [6.45, 7) is 15.7. The van der Waals surface area contributed by atoms with Crippen LogP contribution in [0.25, 0.3) is 0 Å². The summed E-state index contributed by atoms with van der Waals surface area (Å²) >= 11 is 0. The minimum Gasteiger partial charge on any atom is -0.363 e. The van der Waals surface area contributed by atoms with Crippen LogP contribution in [0.5, 0.6) is 0 Å². The fraction of sp³-hybridized carbons (Fsp3) is 0.848. The first-order valence-corrected chi connectivity index (χ1v) is 18.6. The molecule has 0 spiro atoms. The molecule has 0 aromatic heterocycles. The number of nitrogens with zero attached hydrogens (tertiary/aromatic N) is 2. The van der Waals surface area contributed by atoms with Gasteiger partial charge in [0.1, 0.15) is 12.1 Å². The molecule has 2 saturated carbocycles. The maximum atomic E-state index is 14.5. The SMILES string of the molecule is CN(C[C@@H](NC(=O)N[C@H](C(=O)N1C[C@H]2[C@H](CCC2(C)C)[C@H]1C(=O)NC(CC1CCC1)C(=O)C(N)=O)C(C)(C)C)C(C)(C)C)S(C)(=O)=O. The summed E-state index contributed by atoms with van der Waals surface area (Å²) in [5.41, 5.74) is 3.94. The third-order valence-corrected chi connectivity index (χ3v) is 12.0. The number of sulfonamides is 1. The number of carbonyl (C=O) groups excluding carboxylic acids is 5. The number of fused-ring (bicyclic) bond motifs is 1. The van der Waals surface area contributed by atoms with Crippen molar-refractivity contribution in [3.63, 3.8) is 0 Å². The monoisotopic (exact) mass is 682 g/mol. The zero-order chi connectivity index (χ0) is 35.9. The molecule has 3 fully saturated rings. The summed E-state index contributed by atoms with van der Waals surface area (Å²) in [5.74, 6) is -2.78. The molecular weight excluding hydrogens is 624 g/mol. The molecule has 3 aliphatic rings. The van der Waals surface area contributed by atoms with Crippen molar-refractivity contribution in [1.82, 2.24) is 25.2 Å². The van der Waals surface area contributed by atoms with E-state index < -0.39 is 74.6 Å². The quantitative estimate of drug-likeness (QED) is 0.227. The Morgan fingerprint density at radius 3 is 2.02 bits per heavy atom. The normalized spacial score (nSPS) is 24.9. The molecule has 0 radical (unpaired) electrons. The molecule has 6 atom stereocenters. The first kappa shape index (κ1) is 38.7. The topological polar surface area (TPSA) is 188 Å². The number of amides is 5. The van der Waals surface area contributed by atoms with Crippen molar-refractivity contribution in [3.05, 3.63) is 0 Å². The summed E-state index contributed by atoms with van der Waals surface area (Å²) in [6.07, 6.45) is 5.86. The van der Waals surface area contributed by atoms with E-state index in [2.05, 4.69) is 29.8 Å². The van der Waals surface area contributed by atoms with E-state index in [1.54, 1.807) is 4.90 Å². The number of likely N-dealkylation sites (tertiary alicyclic amines) is 1. The maximum absolute atomic E-state index is 14.5. The molecule has 5 amide bonds. The van der Waals surface area contributed by atoms with Crippen LogP contribution in [0.1, 0.15) is 93.9 Å². The Balaban J connectivity index is 1.90. The van der Waals surface area contributed by atoms with Crippen molar-refractivity contribution in [3.8, 4) is 0 Å². The number of carbonyl (C=O) groups is 5. The van der Waals surface area contributed by atoms with Gasteiger partial charge >= 0.3 is 6.03 Å². The second-order valence-electron chi connectivity index (χ2n) is 16.9. The zero-order valence-corrected chi connectivity index (χ0v) is 30.8. The van der Waals surface area contributed by atoms with Gasteiger partial charge in [0.2, 0.25) is 27.6 Å². The summed E-state index contributed by atoms with van der Waals surface area (Å²) in [6, 6.07) is -4.20. The average molecular weight is 683 g/mol. The minimum atomic E-state index is -3.50. The van der Waals surface area contributed by atoms with Crippen LogP contribution in [0.2, 0.25) is 0 Å². The number of Topliss-reactive ketones (excluding diaryl/α,β-unsaturated/α-hetero) is 1. The van der Waals surface area contributed by atoms with Crippen molar-refractivity contribution in [2.45, 2.75) is 118 Å². The highest BCUT2D eigenvalue weighted by Crippen LogP contribution is 2.53. The van der Waals surface area contributed by atoms with E-state index in [9.17, 15) is 32.4 Å². The van der Waals surface area contributed by atoms with Gasteiger partial charge in [-0.2, -0.15) is 0 Å². The molecule has 3 rings (SSSR count). The lowest BCUT2D eigenvalue weighted by Crippen LogP contribution is -2.62. The van der Waals surface area contributed by atoms with Gasteiger partial charge in [-0.3, -0.25) is 19.2 Å². The molecule has 1 unspecified atom stereocenters. The van der Waals surface area contributed by atoms with Gasteiger partial charge in [0.15, 0.2) is 0 Å². The van der Waals surface area contributed by atoms with E-state index in [1.807, 2.05) is 41.5 Å². The highest BCUT2D eigenvalue weighted by molar-refractivity contribution is 7.88. The lowest BCUT2D eigenvalue weighted by Gasteiger charge is -2.38. The van der Waals surface area contributed by atoms with Gasteiger partial charge in [0, 0.05) is 26.2 Å². The Kier molecular flexibility index (Phi) is 11.5. The van der Waals surface area contributed by atoms with E-state index in [0.29, 0.717) is 19.4 Å². The van der Waals surface area contributed by atoms with Crippen LogP contribution in [-0.2, 0) is 29.2 Å². The highest BCUT2D eigenvalue weighted by Gasteiger charge is 2.57. The molecule has 0 aromatic carbocycles. The van der Waals surface area contributed by atoms with Crippen LogP contribution in [0.3, 0.4) is 0 Å². The van der Waals surface area contributed by atoms with Crippen LogP contribution < -0.4 is 21.7 Å². The Bertz CT molecular complexity index is 1330. The third-order valence-electron chi connectivity index (χ3n) is 10.7. The number of nitrogens with two attached hydrogens (primary N) is 1. The zero-order valence-electron chi connectivity index (χ0n) is 29.9. The van der Waals surface area contributed by atoms with Gasteiger partial charge in [-0.15, -0.1) is 0 Å². The number of hydrogen-bond donors (Lipinski definition) is 4. The van der Waals surface area contributed by atoms with Crippen molar-refractivity contribution < 1.29 is 32.4 Å². The second kappa shape index (κ2) is 14.0. The predicted octanol–water partition coefficient (Wildman–Crippen LogP) is 2.00. The Hall–Kier alpha value is -2.74. The van der Waals surface area contributed by atoms with Crippen molar-refractivity contribution in [2.75, 3.05) is 26.4 Å². The predicted molar refractivity (Wildman–Crippen MR) is 179 cm³/mol. The van der Waals surface area contributed by atoms with Gasteiger partial charge in [-0.05, 0) is 53.3 Å². The van der Waals surface area contributed by atoms with E-state index in [0.717, 1.165) is 31.9 Å². The molecule has 0 aromatic rings. The van der Waals surface area contributed by atoms with Crippen LogP contribution in [0.4, 0.5) is 4.79 Å². The van der Waals surface area contributed by atoms with Crippen molar-refractivity contribution >= 4 is 39.6 Å². The molecule has 47 heavy (non-hydrogen) atoms. The fourth-order valence-corrected chi connectivity index (χ4v) is 7.60. The largest absolute Gasteiger partial charge is 0.363 e. The van der Waals surface area contributed by atoms with Gasteiger partial charge in [0.25, 0.3) is 5.91 Å². The Morgan fingerprint density at radius 2 is 1.55 bits per heavy atom. The molecule has 0 bridgehead atoms. The number of ketones is 1. The Labute approximate surface area is 280 Å². The van der Waals surface area contributed by atoms with Gasteiger partial charge in [0.05, 0.1) is 12.3 Å². The van der Waals surface area contributed by atoms with Gasteiger partial charge in [-0.25, -0.2) is 17.5 Å². The molecule has 268 valence electrons. The summed E-state index contributed by atoms with van der Waals surface area (Å²) in [4.78, 5) is 68.4. The molecule has 5 N–H and O–H groups in total. The summed E-state index contributed by atoms with van der Waals surface area (Å²) in [7, 11) is -2.06. The minimum absolute atomic E-state index is 0.0189. The summed E-state index contributed by atoms with van der Waals surface area (Å²) < 4.78 is 25.4. The first-order chi connectivity index (χ1) is 21.3. The number of urea groups is 1. The second-order valence-corrected chi connectivity index (χ2v) is 19.0. The molecule has 2 aliphatic carbocycles. The van der Waals surface area contributed by atoms with Crippen molar-refractivity contribution in [1.29, 1.82) is 0 Å². The number of primary amides is 1. The number of likely N-dealkylation sites (N-methyl/N-ethyl adjacent to an activating group) is 1. The molecule has 1 saturated heterocycles. The standard InChI is InChI=1S/C33H58N6O7S/c1-31(2,3)23(18-38(9)47(10,45)46)36-30(44)37-26(32(4,5)6)29(43)39-17-21-20(14-15-33(21,7)8)24(39)28(42)35-22(25(40)27(34)41)16-19-12-11-13-19/h19-24,26H,11-18H2,1-10H3,(H2,34,41)(H,35,42)(H2,36,37,44)/t20-,21-,22?,23+,24-,26+/m0/s1. The van der Waals surface area contributed by atoms with Crippen LogP contribution in [0.15, 0.2) is 0 Å². The Morgan fingerprint density at radius 1 is 0.957 bits per heavy atom. The molecule has 1 heterocycles. The lowest BCUT2D eigenvalue weighted by molar-refractivity contribution is -0.144. The van der Waals surface area contributed by atoms with Gasteiger partial charge < -0.3 is 26.6 Å². The third kappa shape index (κ3) is 9.24. The van der Waals surface area contributed by atoms with Gasteiger partial charge in [-0.1, -0.05) is 74.7 Å². The molecule has 14 heteroatoms. The van der Waals surface area contributed by atoms with Crippen LogP contribution >= 0.6 is 0 Å². The number of nitrogens with one attached hydrogen (secondary N) is 3. The van der Waals surface area contributed by atoms with Crippen molar-refractivity contribution in [2.24, 2.45) is 39.7 Å². The molecular formula is C33H58N6O7S. The first-order valence-electron chi connectivity index (χ1n) is 16.8. The lowest BCUT2D eigenvalue weighted by atomic mass is 9.79. The number of rotatable bonds is 12. The van der Waals surface area contributed by atoms with E-state index in [4.69, 9.17) is 5.73 Å². The van der Waals surface area contributed by atoms with Crippen LogP contribution in [-0.4, -0.2) is 97.7 Å². The van der Waals surface area contributed by atoms with Crippen LogP contribution in [0, 0.1) is 34.0 Å². The molecule has 13 nitrogen and oxygen atoms in total. The highest BCUT2D eigenvalue weighted by atomic mass is 32.2. The summed E-state index contributed by atoms with van der Waals surface area (Å²) in [5, 5.41) is 8.56. The van der Waals surface area contributed by atoms with E-state index in [-0.39, 0.29) is 29.7 Å². The van der Waals surface area contributed by atoms with E-state index in [1.165, 1.54) is 11.4 Å². The molecule has 1 aliphatic heterocycles. The smallest absolute Gasteiger partial charge is 0.315 e. The number of hydrogen-bond acceptors (Lipinski definition) is 7.